The van der Waals surface area contributed by atoms with Gasteiger partial charge in [0.15, 0.2) is 0 Å². The standard InChI is InChI=1S/C19H24N2O4/c1-3-25-18(23)9-8-17(22)20-16-7-5-4-6-15(16)19(24)21-12-10-14(2)11-13-21/h4-9,14H,3,10-13H2,1-2H3,(H,20,22)/b9-8+. The molecule has 0 bridgehead atoms. The Morgan fingerprint density at radius 3 is 2.56 bits per heavy atom. The van der Waals surface area contributed by atoms with Gasteiger partial charge >= 0.3 is 5.97 Å². The quantitative estimate of drug-likeness (QED) is 0.658. The Morgan fingerprint density at radius 2 is 1.88 bits per heavy atom. The first-order valence-corrected chi connectivity index (χ1v) is 8.55. The second kappa shape index (κ2) is 9.01. The summed E-state index contributed by atoms with van der Waals surface area (Å²) < 4.78 is 4.73. The highest BCUT2D eigenvalue weighted by atomic mass is 16.5. The van der Waals surface area contributed by atoms with Crippen molar-refractivity contribution in [3.63, 3.8) is 0 Å². The molecule has 2 rings (SSSR count). The van der Waals surface area contributed by atoms with Crippen molar-refractivity contribution < 1.29 is 19.1 Å². The average molecular weight is 344 g/mol. The molecule has 0 radical (unpaired) electrons. The summed E-state index contributed by atoms with van der Waals surface area (Å²) in [5.74, 6) is -0.519. The second-order valence-electron chi connectivity index (χ2n) is 6.09. The Labute approximate surface area is 147 Å². The van der Waals surface area contributed by atoms with E-state index < -0.39 is 11.9 Å². The number of hydrogen-bond donors (Lipinski definition) is 1. The average Bonchev–Trinajstić information content (AvgIpc) is 2.61. The molecule has 0 aliphatic carbocycles. The lowest BCUT2D eigenvalue weighted by atomic mass is 9.98. The summed E-state index contributed by atoms with van der Waals surface area (Å²) in [4.78, 5) is 37.8. The summed E-state index contributed by atoms with van der Waals surface area (Å²) in [5.41, 5.74) is 0.888. The van der Waals surface area contributed by atoms with Crippen LogP contribution in [0.3, 0.4) is 0 Å². The van der Waals surface area contributed by atoms with Crippen LogP contribution in [0.25, 0.3) is 0 Å². The number of anilines is 1. The van der Waals surface area contributed by atoms with Crippen LogP contribution >= 0.6 is 0 Å². The van der Waals surface area contributed by atoms with Gasteiger partial charge in [0.1, 0.15) is 0 Å². The van der Waals surface area contributed by atoms with E-state index >= 15 is 0 Å². The van der Waals surface area contributed by atoms with Crippen molar-refractivity contribution in [1.29, 1.82) is 0 Å². The normalized spacial score (nSPS) is 15.2. The second-order valence-corrected chi connectivity index (χ2v) is 6.09. The lowest BCUT2D eigenvalue weighted by Gasteiger charge is -2.30. The molecule has 6 heteroatoms. The van der Waals surface area contributed by atoms with Gasteiger partial charge < -0.3 is 15.0 Å². The van der Waals surface area contributed by atoms with Crippen LogP contribution in [0.2, 0.25) is 0 Å². The zero-order valence-corrected chi connectivity index (χ0v) is 14.7. The highest BCUT2D eigenvalue weighted by Crippen LogP contribution is 2.22. The smallest absolute Gasteiger partial charge is 0.330 e. The van der Waals surface area contributed by atoms with Gasteiger partial charge in [0.25, 0.3) is 5.91 Å². The van der Waals surface area contributed by atoms with E-state index in [1.807, 2.05) is 4.90 Å². The fourth-order valence-electron chi connectivity index (χ4n) is 2.67. The van der Waals surface area contributed by atoms with Crippen molar-refractivity contribution in [3.05, 3.63) is 42.0 Å². The molecule has 0 spiro atoms. The maximum absolute atomic E-state index is 12.7. The van der Waals surface area contributed by atoms with Crippen LogP contribution in [0, 0.1) is 5.92 Å². The van der Waals surface area contributed by atoms with E-state index in [0.29, 0.717) is 17.2 Å². The van der Waals surface area contributed by atoms with Crippen molar-refractivity contribution in [2.75, 3.05) is 25.0 Å². The van der Waals surface area contributed by atoms with E-state index in [0.717, 1.165) is 38.1 Å². The number of nitrogens with one attached hydrogen (secondary N) is 1. The zero-order chi connectivity index (χ0) is 18.2. The Bertz CT molecular complexity index is 661. The summed E-state index contributed by atoms with van der Waals surface area (Å²) in [5, 5.41) is 2.66. The van der Waals surface area contributed by atoms with Gasteiger partial charge in [0, 0.05) is 25.2 Å². The zero-order valence-electron chi connectivity index (χ0n) is 14.7. The van der Waals surface area contributed by atoms with Crippen LogP contribution in [0.15, 0.2) is 36.4 Å². The molecule has 1 N–H and O–H groups in total. The van der Waals surface area contributed by atoms with Gasteiger partial charge in [-0.3, -0.25) is 9.59 Å². The summed E-state index contributed by atoms with van der Waals surface area (Å²) in [7, 11) is 0. The van der Waals surface area contributed by atoms with E-state index in [1.165, 1.54) is 0 Å². The molecule has 0 atom stereocenters. The molecule has 1 aromatic carbocycles. The molecule has 0 unspecified atom stereocenters. The monoisotopic (exact) mass is 344 g/mol. The fourth-order valence-corrected chi connectivity index (χ4v) is 2.67. The van der Waals surface area contributed by atoms with Gasteiger partial charge in [-0.2, -0.15) is 0 Å². The van der Waals surface area contributed by atoms with Gasteiger partial charge in [-0.15, -0.1) is 0 Å². The number of likely N-dealkylation sites (tertiary alicyclic amines) is 1. The van der Waals surface area contributed by atoms with Crippen LogP contribution in [-0.4, -0.2) is 42.4 Å². The molecular formula is C19H24N2O4. The van der Waals surface area contributed by atoms with Crippen LogP contribution < -0.4 is 5.32 Å². The fraction of sp³-hybridized carbons (Fsp3) is 0.421. The Morgan fingerprint density at radius 1 is 1.20 bits per heavy atom. The van der Waals surface area contributed by atoms with E-state index in [9.17, 15) is 14.4 Å². The highest BCUT2D eigenvalue weighted by Gasteiger charge is 2.23. The number of para-hydroxylation sites is 1. The first-order chi connectivity index (χ1) is 12.0. The summed E-state index contributed by atoms with van der Waals surface area (Å²) in [6.45, 7) is 5.58. The highest BCUT2D eigenvalue weighted by molar-refractivity contribution is 6.07. The molecule has 1 aliphatic heterocycles. The predicted octanol–water partition coefficient (Wildman–Crippen LogP) is 2.62. The van der Waals surface area contributed by atoms with Crippen LogP contribution in [0.5, 0.6) is 0 Å². The topological polar surface area (TPSA) is 75.7 Å². The minimum Gasteiger partial charge on any atom is -0.463 e. The Kier molecular flexibility index (Phi) is 6.74. The third-order valence-corrected chi connectivity index (χ3v) is 4.14. The third kappa shape index (κ3) is 5.45. The third-order valence-electron chi connectivity index (χ3n) is 4.14. The van der Waals surface area contributed by atoms with Crippen molar-refractivity contribution in [1.82, 2.24) is 4.90 Å². The number of benzene rings is 1. The molecule has 0 saturated carbocycles. The molecule has 25 heavy (non-hydrogen) atoms. The first-order valence-electron chi connectivity index (χ1n) is 8.55. The van der Waals surface area contributed by atoms with Crippen molar-refractivity contribution in [2.45, 2.75) is 26.7 Å². The number of piperidine rings is 1. The summed E-state index contributed by atoms with van der Waals surface area (Å²) >= 11 is 0. The van der Waals surface area contributed by atoms with E-state index in [2.05, 4.69) is 12.2 Å². The molecule has 1 saturated heterocycles. The number of nitrogens with zero attached hydrogens (tertiary/aromatic N) is 1. The summed E-state index contributed by atoms with van der Waals surface area (Å²) in [6.07, 6.45) is 4.14. The van der Waals surface area contributed by atoms with Gasteiger partial charge in [0.05, 0.1) is 17.9 Å². The van der Waals surface area contributed by atoms with Gasteiger partial charge in [0.2, 0.25) is 5.91 Å². The van der Waals surface area contributed by atoms with Crippen LogP contribution in [0.4, 0.5) is 5.69 Å². The van der Waals surface area contributed by atoms with Crippen molar-refractivity contribution >= 4 is 23.5 Å². The molecule has 1 heterocycles. The van der Waals surface area contributed by atoms with E-state index in [1.54, 1.807) is 31.2 Å². The predicted molar refractivity (Wildman–Crippen MR) is 95.1 cm³/mol. The maximum Gasteiger partial charge on any atom is 0.330 e. The number of carbonyl (C=O) groups is 3. The van der Waals surface area contributed by atoms with Crippen molar-refractivity contribution in [3.8, 4) is 0 Å². The number of hydrogen-bond acceptors (Lipinski definition) is 4. The SMILES string of the molecule is CCOC(=O)/C=C/C(=O)Nc1ccccc1C(=O)N1CCC(C)CC1. The van der Waals surface area contributed by atoms with Gasteiger partial charge in [-0.1, -0.05) is 19.1 Å². The van der Waals surface area contributed by atoms with Crippen LogP contribution in [-0.2, 0) is 14.3 Å². The van der Waals surface area contributed by atoms with Gasteiger partial charge in [-0.05, 0) is 37.8 Å². The Hall–Kier alpha value is -2.63. The van der Waals surface area contributed by atoms with Crippen molar-refractivity contribution in [2.24, 2.45) is 5.92 Å². The first kappa shape index (κ1) is 18.7. The lowest BCUT2D eigenvalue weighted by Crippen LogP contribution is -2.38. The molecular weight excluding hydrogens is 320 g/mol. The largest absolute Gasteiger partial charge is 0.463 e. The molecule has 134 valence electrons. The van der Waals surface area contributed by atoms with Gasteiger partial charge in [-0.25, -0.2) is 4.79 Å². The van der Waals surface area contributed by atoms with Crippen LogP contribution in [0.1, 0.15) is 37.0 Å². The molecule has 2 amide bonds. The number of carbonyl (C=O) groups excluding carboxylic acids is 3. The number of ether oxygens (including phenoxy) is 1. The Balaban J connectivity index is 2.06. The lowest BCUT2D eigenvalue weighted by molar-refractivity contribution is -0.137. The maximum atomic E-state index is 12.7. The molecule has 1 aromatic rings. The minimum atomic E-state index is -0.579. The number of esters is 1. The van der Waals surface area contributed by atoms with E-state index in [-0.39, 0.29) is 12.5 Å². The summed E-state index contributed by atoms with van der Waals surface area (Å²) in [6, 6.07) is 6.89. The number of rotatable bonds is 5. The number of amides is 2. The molecule has 0 aromatic heterocycles. The minimum absolute atomic E-state index is 0.0860. The molecule has 1 fully saturated rings. The molecule has 1 aliphatic rings. The van der Waals surface area contributed by atoms with E-state index in [4.69, 9.17) is 4.74 Å². The molecule has 6 nitrogen and oxygen atoms in total.